The fourth-order valence-electron chi connectivity index (χ4n) is 2.11. The Kier molecular flexibility index (Phi) is 6.64. The first-order valence-corrected chi connectivity index (χ1v) is 9.91. The molecule has 0 radical (unpaired) electrons. The van der Waals surface area contributed by atoms with Crippen LogP contribution in [0.25, 0.3) is 0 Å². The highest BCUT2D eigenvalue weighted by molar-refractivity contribution is 8.02. The monoisotopic (exact) mass is 444 g/mol. The fourth-order valence-corrected chi connectivity index (χ4v) is 4.05. The van der Waals surface area contributed by atoms with E-state index in [1.165, 1.54) is 53.6 Å². The Bertz CT molecular complexity index is 930. The Morgan fingerprint density at radius 3 is 2.69 bits per heavy atom. The largest absolute Gasteiger partial charge is 0.573 e. The van der Waals surface area contributed by atoms with Crippen molar-refractivity contribution in [1.82, 2.24) is 15.5 Å². The van der Waals surface area contributed by atoms with Crippen LogP contribution in [0.2, 0.25) is 0 Å². The summed E-state index contributed by atoms with van der Waals surface area (Å²) in [6.07, 6.45) is -3.20. The molecule has 2 heterocycles. The van der Waals surface area contributed by atoms with Gasteiger partial charge in [-0.1, -0.05) is 23.1 Å². The maximum absolute atomic E-state index is 12.2. The number of thioether (sulfide) groups is 1. The van der Waals surface area contributed by atoms with Gasteiger partial charge in [0, 0.05) is 5.69 Å². The quantitative estimate of drug-likeness (QED) is 0.492. The molecule has 0 saturated carbocycles. The first-order valence-electron chi connectivity index (χ1n) is 8.21. The molecule has 1 unspecified atom stereocenters. The van der Waals surface area contributed by atoms with Crippen LogP contribution in [0.3, 0.4) is 0 Å². The van der Waals surface area contributed by atoms with E-state index in [9.17, 15) is 18.0 Å². The molecule has 0 bridgehead atoms. The molecule has 0 aliphatic heterocycles. The molecule has 0 aliphatic rings. The maximum Gasteiger partial charge on any atom is 0.573 e. The first-order chi connectivity index (χ1) is 13.8. The lowest BCUT2D eigenvalue weighted by Gasteiger charge is -2.09. The van der Waals surface area contributed by atoms with Crippen molar-refractivity contribution in [1.29, 1.82) is 0 Å². The van der Waals surface area contributed by atoms with Crippen LogP contribution < -0.4 is 15.4 Å². The van der Waals surface area contributed by atoms with Crippen molar-refractivity contribution in [3.63, 3.8) is 0 Å². The highest BCUT2D eigenvalue weighted by Gasteiger charge is 2.31. The van der Waals surface area contributed by atoms with Gasteiger partial charge in [-0.3, -0.25) is 4.79 Å². The van der Waals surface area contributed by atoms with Crippen LogP contribution in [0, 0.1) is 0 Å². The average molecular weight is 444 g/mol. The van der Waals surface area contributed by atoms with Crippen LogP contribution in [0.1, 0.15) is 12.7 Å². The van der Waals surface area contributed by atoms with Crippen molar-refractivity contribution in [2.75, 3.05) is 5.32 Å². The van der Waals surface area contributed by atoms with Crippen LogP contribution in [0.4, 0.5) is 24.0 Å². The first kappa shape index (κ1) is 21.0. The summed E-state index contributed by atoms with van der Waals surface area (Å²) in [6.45, 7) is 2.05. The number of aromatic nitrogens is 2. The summed E-state index contributed by atoms with van der Waals surface area (Å²) < 4.78 is 46.1. The van der Waals surface area contributed by atoms with Gasteiger partial charge in [-0.15, -0.1) is 23.4 Å². The average Bonchev–Trinajstić information content (AvgIpc) is 3.32. The molecule has 0 fully saturated rings. The van der Waals surface area contributed by atoms with Crippen molar-refractivity contribution >= 4 is 39.8 Å². The highest BCUT2D eigenvalue weighted by Crippen LogP contribution is 2.31. The molecule has 0 saturated heterocycles. The van der Waals surface area contributed by atoms with E-state index in [0.717, 1.165) is 0 Å². The van der Waals surface area contributed by atoms with E-state index in [4.69, 9.17) is 4.42 Å². The summed E-state index contributed by atoms with van der Waals surface area (Å²) in [7, 11) is 0. The van der Waals surface area contributed by atoms with Gasteiger partial charge in [-0.25, -0.2) is 0 Å². The molecule has 1 amide bonds. The molecule has 1 aromatic carbocycles. The van der Waals surface area contributed by atoms with Crippen molar-refractivity contribution in [3.05, 3.63) is 48.4 Å². The Labute approximate surface area is 171 Å². The molecule has 2 aromatic heterocycles. The third kappa shape index (κ3) is 6.68. The smallest absolute Gasteiger partial charge is 0.467 e. The number of alkyl halides is 3. The van der Waals surface area contributed by atoms with Crippen LogP contribution in [-0.4, -0.2) is 27.7 Å². The van der Waals surface area contributed by atoms with Gasteiger partial charge in [0.05, 0.1) is 18.1 Å². The van der Waals surface area contributed by atoms with Crippen molar-refractivity contribution < 1.29 is 27.1 Å². The molecule has 0 spiro atoms. The standard InChI is InChI=1S/C17H15F3N4O3S2/c1-10(14(25)21-9-13-3-2-8-26-13)28-16-24-23-15(29-16)22-11-4-6-12(7-5-11)27-17(18,19)20/h2-8,10H,9H2,1H3,(H,21,25)(H,22,23). The van der Waals surface area contributed by atoms with Gasteiger partial charge >= 0.3 is 6.36 Å². The van der Waals surface area contributed by atoms with Gasteiger partial charge in [-0.05, 0) is 43.3 Å². The lowest BCUT2D eigenvalue weighted by Crippen LogP contribution is -2.30. The van der Waals surface area contributed by atoms with Crippen molar-refractivity contribution in [3.8, 4) is 5.75 Å². The minimum atomic E-state index is -4.73. The maximum atomic E-state index is 12.2. The molecular formula is C17H15F3N4O3S2. The number of furan rings is 1. The van der Waals surface area contributed by atoms with Crippen molar-refractivity contribution in [2.24, 2.45) is 0 Å². The number of nitrogens with zero attached hydrogens (tertiary/aromatic N) is 2. The van der Waals surface area contributed by atoms with Crippen LogP contribution >= 0.6 is 23.1 Å². The number of carbonyl (C=O) groups is 1. The van der Waals surface area contributed by atoms with Crippen LogP contribution in [0.15, 0.2) is 51.4 Å². The van der Waals surface area contributed by atoms with Crippen molar-refractivity contribution in [2.45, 2.75) is 29.4 Å². The molecule has 1 atom stereocenters. The molecule has 12 heteroatoms. The van der Waals surface area contributed by atoms with Crippen LogP contribution in [0.5, 0.6) is 5.75 Å². The van der Waals surface area contributed by atoms with Gasteiger partial charge in [0.1, 0.15) is 11.5 Å². The minimum Gasteiger partial charge on any atom is -0.467 e. The summed E-state index contributed by atoms with van der Waals surface area (Å²) in [4.78, 5) is 12.1. The summed E-state index contributed by atoms with van der Waals surface area (Å²) in [5.41, 5.74) is 0.525. The lowest BCUT2D eigenvalue weighted by atomic mass is 10.3. The predicted octanol–water partition coefficient (Wildman–Crippen LogP) is 4.57. The Balaban J connectivity index is 1.50. The van der Waals surface area contributed by atoms with E-state index >= 15 is 0 Å². The third-order valence-corrected chi connectivity index (χ3v) is 5.43. The zero-order chi connectivity index (χ0) is 20.9. The second kappa shape index (κ2) is 9.18. The number of benzene rings is 1. The highest BCUT2D eigenvalue weighted by atomic mass is 32.2. The molecule has 29 heavy (non-hydrogen) atoms. The second-order valence-electron chi connectivity index (χ2n) is 5.63. The predicted molar refractivity (Wildman–Crippen MR) is 102 cm³/mol. The minimum absolute atomic E-state index is 0.170. The fraction of sp³-hybridized carbons (Fsp3) is 0.235. The number of carbonyl (C=O) groups excluding carboxylic acids is 1. The zero-order valence-electron chi connectivity index (χ0n) is 14.9. The number of hydrogen-bond acceptors (Lipinski definition) is 8. The second-order valence-corrected chi connectivity index (χ2v) is 8.19. The lowest BCUT2D eigenvalue weighted by molar-refractivity contribution is -0.274. The normalized spacial score (nSPS) is 12.4. The van der Waals surface area contributed by atoms with Crippen LogP contribution in [-0.2, 0) is 11.3 Å². The number of nitrogens with one attached hydrogen (secondary N) is 2. The summed E-state index contributed by atoms with van der Waals surface area (Å²) in [5.74, 6) is 0.173. The Morgan fingerprint density at radius 1 is 1.28 bits per heavy atom. The van der Waals surface area contributed by atoms with E-state index in [-0.39, 0.29) is 11.7 Å². The third-order valence-electron chi connectivity index (χ3n) is 3.41. The summed E-state index contributed by atoms with van der Waals surface area (Å²) in [6, 6.07) is 8.75. The van der Waals surface area contributed by atoms with Gasteiger partial charge < -0.3 is 19.8 Å². The molecular weight excluding hydrogens is 429 g/mol. The molecule has 3 aromatic rings. The molecule has 0 aliphatic carbocycles. The zero-order valence-corrected chi connectivity index (χ0v) is 16.5. The number of hydrogen-bond donors (Lipinski definition) is 2. The number of halogens is 3. The molecule has 3 rings (SSSR count). The Morgan fingerprint density at radius 2 is 2.03 bits per heavy atom. The SMILES string of the molecule is CC(Sc1nnc(Nc2ccc(OC(F)(F)F)cc2)s1)C(=O)NCc1ccco1. The van der Waals surface area contributed by atoms with E-state index in [1.54, 1.807) is 19.1 Å². The topological polar surface area (TPSA) is 89.3 Å². The Hall–Kier alpha value is -2.73. The van der Waals surface area contributed by atoms with E-state index in [2.05, 4.69) is 25.6 Å². The van der Waals surface area contributed by atoms with E-state index < -0.39 is 11.6 Å². The van der Waals surface area contributed by atoms with E-state index in [0.29, 0.717) is 27.5 Å². The van der Waals surface area contributed by atoms with Gasteiger partial charge in [0.15, 0.2) is 4.34 Å². The number of ether oxygens (including phenoxy) is 1. The number of rotatable bonds is 8. The molecule has 2 N–H and O–H groups in total. The van der Waals surface area contributed by atoms with E-state index in [1.807, 2.05) is 0 Å². The number of anilines is 2. The summed E-state index contributed by atoms with van der Waals surface area (Å²) >= 11 is 2.47. The van der Waals surface area contributed by atoms with Gasteiger partial charge in [0.2, 0.25) is 11.0 Å². The van der Waals surface area contributed by atoms with Gasteiger partial charge in [-0.2, -0.15) is 0 Å². The van der Waals surface area contributed by atoms with Gasteiger partial charge in [0.25, 0.3) is 0 Å². The number of amides is 1. The molecule has 7 nitrogen and oxygen atoms in total. The molecule has 154 valence electrons. The summed E-state index contributed by atoms with van der Waals surface area (Å²) in [5, 5.41) is 13.7.